The molecule has 0 aromatic heterocycles. The normalized spacial score (nSPS) is 18.5. The van der Waals surface area contributed by atoms with Crippen LogP contribution in [0.4, 0.5) is 5.69 Å². The van der Waals surface area contributed by atoms with E-state index in [-0.39, 0.29) is 0 Å². The van der Waals surface area contributed by atoms with Gasteiger partial charge in [0.25, 0.3) is 0 Å². The van der Waals surface area contributed by atoms with Crippen molar-refractivity contribution in [3.05, 3.63) is 29.3 Å². The molecule has 0 radical (unpaired) electrons. The smallest absolute Gasteiger partial charge is 0.0419 e. The molecular weight excluding hydrogens is 234 g/mol. The van der Waals surface area contributed by atoms with E-state index in [1.54, 1.807) is 0 Å². The molecule has 0 spiro atoms. The number of nitrogens with one attached hydrogen (secondary N) is 2. The fourth-order valence-electron chi connectivity index (χ4n) is 3.22. The molecule has 1 saturated heterocycles. The maximum absolute atomic E-state index is 3.59. The second-order valence-corrected chi connectivity index (χ2v) is 5.71. The van der Waals surface area contributed by atoms with Gasteiger partial charge in [-0.25, -0.2) is 0 Å². The van der Waals surface area contributed by atoms with E-state index in [9.17, 15) is 0 Å². The molecule has 2 aliphatic rings. The van der Waals surface area contributed by atoms with Crippen LogP contribution in [0.25, 0.3) is 0 Å². The Kier molecular flexibility index (Phi) is 4.36. The van der Waals surface area contributed by atoms with E-state index in [0.29, 0.717) is 0 Å². The van der Waals surface area contributed by atoms with E-state index in [0.717, 1.165) is 19.6 Å². The van der Waals surface area contributed by atoms with Crippen LogP contribution in [-0.2, 0) is 13.0 Å². The third kappa shape index (κ3) is 3.28. The van der Waals surface area contributed by atoms with Gasteiger partial charge in [0.15, 0.2) is 0 Å². The average Bonchev–Trinajstić information content (AvgIpc) is 3.09. The van der Waals surface area contributed by atoms with Crippen LogP contribution in [0.3, 0.4) is 0 Å². The molecule has 0 unspecified atom stereocenters. The molecule has 3 heteroatoms. The van der Waals surface area contributed by atoms with Crippen LogP contribution in [0, 0.1) is 0 Å². The van der Waals surface area contributed by atoms with Crippen LogP contribution >= 0.6 is 0 Å². The molecule has 3 nitrogen and oxygen atoms in total. The first-order valence-electron chi connectivity index (χ1n) is 7.71. The van der Waals surface area contributed by atoms with Gasteiger partial charge in [-0.2, -0.15) is 0 Å². The third-order valence-electron chi connectivity index (χ3n) is 4.28. The summed E-state index contributed by atoms with van der Waals surface area (Å²) in [6, 6.07) is 6.67. The molecule has 1 fully saturated rings. The Bertz CT molecular complexity index is 410. The van der Waals surface area contributed by atoms with Gasteiger partial charge in [0, 0.05) is 18.8 Å². The summed E-state index contributed by atoms with van der Waals surface area (Å²) in [6.45, 7) is 7.11. The average molecular weight is 259 g/mol. The van der Waals surface area contributed by atoms with Gasteiger partial charge in [-0.1, -0.05) is 18.2 Å². The van der Waals surface area contributed by atoms with Crippen LogP contribution in [0.15, 0.2) is 18.2 Å². The number of para-hydroxylation sites is 1. The first-order chi connectivity index (χ1) is 9.43. The van der Waals surface area contributed by atoms with Crippen molar-refractivity contribution in [2.24, 2.45) is 0 Å². The molecule has 0 aliphatic carbocycles. The lowest BCUT2D eigenvalue weighted by Gasteiger charge is -2.15. The van der Waals surface area contributed by atoms with Crippen molar-refractivity contribution in [1.29, 1.82) is 0 Å². The molecule has 3 rings (SSSR count). The lowest BCUT2D eigenvalue weighted by Crippen LogP contribution is -2.24. The summed E-state index contributed by atoms with van der Waals surface area (Å²) in [5.41, 5.74) is 4.29. The summed E-state index contributed by atoms with van der Waals surface area (Å²) < 4.78 is 0. The Labute approximate surface area is 116 Å². The van der Waals surface area contributed by atoms with E-state index < -0.39 is 0 Å². The van der Waals surface area contributed by atoms with Crippen molar-refractivity contribution in [3.8, 4) is 0 Å². The Balaban J connectivity index is 1.39. The monoisotopic (exact) mass is 259 g/mol. The van der Waals surface area contributed by atoms with Gasteiger partial charge >= 0.3 is 0 Å². The quantitative estimate of drug-likeness (QED) is 0.767. The number of fused-ring (bicyclic) bond motifs is 1. The number of hydrogen-bond donors (Lipinski definition) is 2. The Hall–Kier alpha value is -1.06. The number of hydrogen-bond acceptors (Lipinski definition) is 3. The predicted octanol–water partition coefficient (Wildman–Crippen LogP) is 2.23. The minimum Gasteiger partial charge on any atom is -0.384 e. The Morgan fingerprint density at radius 1 is 1.21 bits per heavy atom. The summed E-state index contributed by atoms with van der Waals surface area (Å²) in [7, 11) is 0. The van der Waals surface area contributed by atoms with E-state index in [1.807, 2.05) is 0 Å². The number of anilines is 1. The molecule has 0 amide bonds. The number of benzene rings is 1. The zero-order chi connectivity index (χ0) is 12.9. The van der Waals surface area contributed by atoms with Crippen LogP contribution in [-0.4, -0.2) is 37.6 Å². The first-order valence-corrected chi connectivity index (χ1v) is 7.71. The Morgan fingerprint density at radius 3 is 3.00 bits per heavy atom. The third-order valence-corrected chi connectivity index (χ3v) is 4.28. The molecule has 2 N–H and O–H groups in total. The topological polar surface area (TPSA) is 27.3 Å². The second kappa shape index (κ2) is 6.40. The fraction of sp³-hybridized carbons (Fsp3) is 0.625. The SMILES string of the molecule is c1cc2c(c(CNCCCN3CCCC3)c1)NCC2. The molecule has 2 aliphatic heterocycles. The highest BCUT2D eigenvalue weighted by Crippen LogP contribution is 2.26. The zero-order valence-electron chi connectivity index (χ0n) is 11.8. The fourth-order valence-corrected chi connectivity index (χ4v) is 3.22. The molecule has 0 bridgehead atoms. The molecule has 1 aromatic rings. The summed E-state index contributed by atoms with van der Waals surface area (Å²) in [5, 5.41) is 7.09. The maximum atomic E-state index is 3.59. The van der Waals surface area contributed by atoms with Gasteiger partial charge < -0.3 is 15.5 Å². The maximum Gasteiger partial charge on any atom is 0.0419 e. The van der Waals surface area contributed by atoms with Crippen molar-refractivity contribution in [2.75, 3.05) is 38.0 Å². The summed E-state index contributed by atoms with van der Waals surface area (Å²) >= 11 is 0. The standard InChI is InChI=1S/C16H25N3/c1-2-11-19(10-1)12-4-8-17-13-15-6-3-5-14-7-9-18-16(14)15/h3,5-6,17-18H,1-2,4,7-13H2. The van der Waals surface area contributed by atoms with Gasteiger partial charge in [-0.15, -0.1) is 0 Å². The van der Waals surface area contributed by atoms with Gasteiger partial charge in [0.05, 0.1) is 0 Å². The summed E-state index contributed by atoms with van der Waals surface area (Å²) in [5.74, 6) is 0. The molecule has 19 heavy (non-hydrogen) atoms. The van der Waals surface area contributed by atoms with E-state index in [1.165, 1.54) is 62.1 Å². The minimum absolute atomic E-state index is 0.996. The molecular formula is C16H25N3. The van der Waals surface area contributed by atoms with Crippen molar-refractivity contribution < 1.29 is 0 Å². The first kappa shape index (κ1) is 12.9. The van der Waals surface area contributed by atoms with Crippen LogP contribution in [0.5, 0.6) is 0 Å². The lowest BCUT2D eigenvalue weighted by atomic mass is 10.1. The highest BCUT2D eigenvalue weighted by Gasteiger charge is 2.13. The van der Waals surface area contributed by atoms with Gasteiger partial charge in [0.2, 0.25) is 0 Å². The molecule has 104 valence electrons. The number of nitrogens with zero attached hydrogens (tertiary/aromatic N) is 1. The molecule has 2 heterocycles. The number of rotatable bonds is 6. The zero-order valence-corrected chi connectivity index (χ0v) is 11.8. The van der Waals surface area contributed by atoms with E-state index in [2.05, 4.69) is 33.7 Å². The van der Waals surface area contributed by atoms with E-state index >= 15 is 0 Å². The summed E-state index contributed by atoms with van der Waals surface area (Å²) in [4.78, 5) is 2.59. The van der Waals surface area contributed by atoms with Gasteiger partial charge in [-0.05, 0) is 63.0 Å². The van der Waals surface area contributed by atoms with Crippen LogP contribution in [0.1, 0.15) is 30.4 Å². The van der Waals surface area contributed by atoms with Gasteiger partial charge in [0.1, 0.15) is 0 Å². The highest BCUT2D eigenvalue weighted by molar-refractivity contribution is 5.61. The Morgan fingerprint density at radius 2 is 2.11 bits per heavy atom. The van der Waals surface area contributed by atoms with Gasteiger partial charge in [-0.3, -0.25) is 0 Å². The molecule has 0 saturated carbocycles. The second-order valence-electron chi connectivity index (χ2n) is 5.71. The minimum atomic E-state index is 0.996. The highest BCUT2D eigenvalue weighted by atomic mass is 15.1. The predicted molar refractivity (Wildman–Crippen MR) is 80.6 cm³/mol. The van der Waals surface area contributed by atoms with E-state index in [4.69, 9.17) is 0 Å². The summed E-state index contributed by atoms with van der Waals surface area (Å²) in [6.07, 6.45) is 5.24. The molecule has 0 atom stereocenters. The largest absolute Gasteiger partial charge is 0.384 e. The van der Waals surface area contributed by atoms with Crippen molar-refractivity contribution in [2.45, 2.75) is 32.2 Å². The number of likely N-dealkylation sites (tertiary alicyclic amines) is 1. The van der Waals surface area contributed by atoms with Crippen molar-refractivity contribution in [3.63, 3.8) is 0 Å². The van der Waals surface area contributed by atoms with Crippen LogP contribution in [0.2, 0.25) is 0 Å². The van der Waals surface area contributed by atoms with Crippen molar-refractivity contribution in [1.82, 2.24) is 10.2 Å². The lowest BCUT2D eigenvalue weighted by molar-refractivity contribution is 0.331. The molecule has 1 aromatic carbocycles. The van der Waals surface area contributed by atoms with Crippen LogP contribution < -0.4 is 10.6 Å². The van der Waals surface area contributed by atoms with Crippen molar-refractivity contribution >= 4 is 5.69 Å².